The van der Waals surface area contributed by atoms with Crippen LogP contribution in [-0.4, -0.2) is 16.1 Å². The number of para-hydroxylation sites is 1. The molecule has 0 atom stereocenters. The molecule has 0 aliphatic carbocycles. The molecule has 1 N–H and O–H groups in total. The Morgan fingerprint density at radius 2 is 1.64 bits per heavy atom. The Bertz CT molecular complexity index is 1090. The van der Waals surface area contributed by atoms with Gasteiger partial charge in [0.1, 0.15) is 11.5 Å². The first kappa shape index (κ1) is 17.5. The quantitative estimate of drug-likeness (QED) is 0.529. The first-order valence-corrected chi connectivity index (χ1v) is 8.72. The van der Waals surface area contributed by atoms with Gasteiger partial charge in [-0.15, -0.1) is 5.10 Å². The minimum Gasteiger partial charge on any atom is -0.457 e. The van der Waals surface area contributed by atoms with E-state index >= 15 is 0 Å². The zero-order chi connectivity index (χ0) is 19.3. The molecule has 6 nitrogen and oxygen atoms in total. The van der Waals surface area contributed by atoms with Gasteiger partial charge in [-0.25, -0.2) is 0 Å². The molecule has 0 saturated carbocycles. The predicted octanol–water partition coefficient (Wildman–Crippen LogP) is 5.09. The summed E-state index contributed by atoms with van der Waals surface area (Å²) in [7, 11) is 0. The maximum Gasteiger partial charge on any atom is 0.322 e. The lowest BCUT2D eigenvalue weighted by molar-refractivity contribution is 0.102. The van der Waals surface area contributed by atoms with E-state index in [4.69, 9.17) is 9.15 Å². The van der Waals surface area contributed by atoms with Crippen LogP contribution in [0.2, 0.25) is 0 Å². The average molecular weight is 371 g/mol. The molecule has 0 spiro atoms. The second-order valence-corrected chi connectivity index (χ2v) is 6.18. The van der Waals surface area contributed by atoms with Crippen LogP contribution in [-0.2, 0) is 0 Å². The lowest BCUT2D eigenvalue weighted by Gasteiger charge is -2.06. The molecule has 4 rings (SSSR count). The number of aryl methyl sites for hydroxylation is 1. The number of benzene rings is 3. The van der Waals surface area contributed by atoms with E-state index < -0.39 is 0 Å². The Hall–Kier alpha value is -3.93. The third kappa shape index (κ3) is 4.07. The first-order valence-electron chi connectivity index (χ1n) is 8.72. The number of nitrogens with one attached hydrogen (secondary N) is 1. The van der Waals surface area contributed by atoms with E-state index in [0.717, 1.165) is 16.9 Å². The van der Waals surface area contributed by atoms with E-state index in [1.54, 1.807) is 24.3 Å². The molecule has 0 fully saturated rings. The average Bonchev–Trinajstić information content (AvgIpc) is 3.18. The molecule has 6 heteroatoms. The smallest absolute Gasteiger partial charge is 0.322 e. The molecule has 0 saturated heterocycles. The van der Waals surface area contributed by atoms with Crippen molar-refractivity contribution < 1.29 is 13.9 Å². The van der Waals surface area contributed by atoms with E-state index in [9.17, 15) is 4.79 Å². The van der Waals surface area contributed by atoms with Crippen molar-refractivity contribution in [3.8, 4) is 23.0 Å². The molecule has 0 bridgehead atoms. The van der Waals surface area contributed by atoms with Gasteiger partial charge in [0.15, 0.2) is 0 Å². The van der Waals surface area contributed by atoms with Crippen molar-refractivity contribution in [2.45, 2.75) is 6.92 Å². The Morgan fingerprint density at radius 1 is 0.893 bits per heavy atom. The number of amides is 1. The van der Waals surface area contributed by atoms with Crippen LogP contribution in [0.3, 0.4) is 0 Å². The van der Waals surface area contributed by atoms with Gasteiger partial charge >= 0.3 is 6.01 Å². The molecule has 1 heterocycles. The van der Waals surface area contributed by atoms with Gasteiger partial charge in [-0.3, -0.25) is 10.1 Å². The number of nitrogens with zero attached hydrogens (tertiary/aromatic N) is 2. The van der Waals surface area contributed by atoms with Crippen molar-refractivity contribution in [2.24, 2.45) is 0 Å². The summed E-state index contributed by atoms with van der Waals surface area (Å²) in [4.78, 5) is 12.4. The fraction of sp³-hybridized carbons (Fsp3) is 0.0455. The number of aromatic nitrogens is 2. The molecule has 0 unspecified atom stereocenters. The number of ether oxygens (including phenoxy) is 1. The van der Waals surface area contributed by atoms with Gasteiger partial charge < -0.3 is 9.15 Å². The van der Waals surface area contributed by atoms with Gasteiger partial charge in [-0.1, -0.05) is 41.0 Å². The summed E-state index contributed by atoms with van der Waals surface area (Å²) in [5.74, 6) is 1.38. The Kier molecular flexibility index (Phi) is 4.84. The molecule has 1 amide bonds. The van der Waals surface area contributed by atoms with Crippen molar-refractivity contribution in [1.29, 1.82) is 0 Å². The zero-order valence-corrected chi connectivity index (χ0v) is 15.1. The van der Waals surface area contributed by atoms with Crippen LogP contribution in [0.5, 0.6) is 11.5 Å². The highest BCUT2D eigenvalue weighted by molar-refractivity contribution is 6.03. The number of carbonyl (C=O) groups excluding carboxylic acids is 1. The Morgan fingerprint density at radius 3 is 2.39 bits per heavy atom. The molecule has 0 radical (unpaired) electrons. The van der Waals surface area contributed by atoms with E-state index in [1.807, 2.05) is 61.5 Å². The van der Waals surface area contributed by atoms with E-state index in [0.29, 0.717) is 17.2 Å². The molecule has 138 valence electrons. The van der Waals surface area contributed by atoms with E-state index in [2.05, 4.69) is 15.5 Å². The topological polar surface area (TPSA) is 77.2 Å². The molecular formula is C22H17N3O3. The monoisotopic (exact) mass is 371 g/mol. The van der Waals surface area contributed by atoms with Gasteiger partial charge in [0.05, 0.1) is 0 Å². The summed E-state index contributed by atoms with van der Waals surface area (Å²) in [6.07, 6.45) is 0. The van der Waals surface area contributed by atoms with E-state index in [1.165, 1.54) is 0 Å². The van der Waals surface area contributed by atoms with Gasteiger partial charge in [0.2, 0.25) is 5.89 Å². The summed E-state index contributed by atoms with van der Waals surface area (Å²) in [5, 5.41) is 10.5. The maximum absolute atomic E-state index is 12.4. The number of anilines is 1. The molecule has 3 aromatic carbocycles. The summed E-state index contributed by atoms with van der Waals surface area (Å²) >= 11 is 0. The molecule has 0 aliphatic rings. The summed E-state index contributed by atoms with van der Waals surface area (Å²) in [5.41, 5.74) is 2.34. The van der Waals surface area contributed by atoms with Crippen molar-refractivity contribution in [3.05, 3.63) is 90.0 Å². The third-order valence-electron chi connectivity index (χ3n) is 4.01. The van der Waals surface area contributed by atoms with Crippen LogP contribution in [0.15, 0.2) is 83.3 Å². The second-order valence-electron chi connectivity index (χ2n) is 6.18. The van der Waals surface area contributed by atoms with Crippen LogP contribution < -0.4 is 10.1 Å². The van der Waals surface area contributed by atoms with Crippen molar-refractivity contribution in [2.75, 3.05) is 5.32 Å². The molecular weight excluding hydrogens is 354 g/mol. The fourth-order valence-electron chi connectivity index (χ4n) is 2.64. The molecule has 0 aliphatic heterocycles. The molecule has 4 aromatic rings. The minimum absolute atomic E-state index is 0.0473. The first-order chi connectivity index (χ1) is 13.7. The second kappa shape index (κ2) is 7.75. The van der Waals surface area contributed by atoms with Gasteiger partial charge in [0, 0.05) is 11.1 Å². The van der Waals surface area contributed by atoms with Gasteiger partial charge in [0.25, 0.3) is 5.91 Å². The summed E-state index contributed by atoms with van der Waals surface area (Å²) in [6, 6.07) is 24.0. The minimum atomic E-state index is -0.342. The fourth-order valence-corrected chi connectivity index (χ4v) is 2.64. The number of hydrogen-bond acceptors (Lipinski definition) is 5. The standard InChI is InChI=1S/C22H17N3O3/c1-15-6-5-7-17(14-15)21-24-25-22(28-21)23-20(26)16-10-12-19(13-11-16)27-18-8-3-2-4-9-18/h2-14H,1H3,(H,23,25,26). The third-order valence-corrected chi connectivity index (χ3v) is 4.01. The highest BCUT2D eigenvalue weighted by atomic mass is 16.5. The highest BCUT2D eigenvalue weighted by Gasteiger charge is 2.13. The van der Waals surface area contributed by atoms with Gasteiger partial charge in [-0.05, 0) is 55.5 Å². The molecule has 28 heavy (non-hydrogen) atoms. The SMILES string of the molecule is Cc1cccc(-c2nnc(NC(=O)c3ccc(Oc4ccccc4)cc3)o2)c1. The van der Waals surface area contributed by atoms with Crippen LogP contribution in [0.25, 0.3) is 11.5 Å². The summed E-state index contributed by atoms with van der Waals surface area (Å²) in [6.45, 7) is 1.98. The lowest BCUT2D eigenvalue weighted by atomic mass is 10.1. The van der Waals surface area contributed by atoms with Crippen LogP contribution in [0.1, 0.15) is 15.9 Å². The van der Waals surface area contributed by atoms with Gasteiger partial charge in [-0.2, -0.15) is 0 Å². The van der Waals surface area contributed by atoms with Crippen LogP contribution in [0.4, 0.5) is 6.01 Å². The molecule has 1 aromatic heterocycles. The van der Waals surface area contributed by atoms with Crippen LogP contribution in [0, 0.1) is 6.92 Å². The van der Waals surface area contributed by atoms with Crippen molar-refractivity contribution in [1.82, 2.24) is 10.2 Å². The Balaban J connectivity index is 1.42. The lowest BCUT2D eigenvalue weighted by Crippen LogP contribution is -2.11. The Labute approximate surface area is 161 Å². The largest absolute Gasteiger partial charge is 0.457 e. The number of rotatable bonds is 5. The van der Waals surface area contributed by atoms with E-state index in [-0.39, 0.29) is 11.9 Å². The van der Waals surface area contributed by atoms with Crippen molar-refractivity contribution >= 4 is 11.9 Å². The summed E-state index contributed by atoms with van der Waals surface area (Å²) < 4.78 is 11.3. The highest BCUT2D eigenvalue weighted by Crippen LogP contribution is 2.23. The predicted molar refractivity (Wildman–Crippen MR) is 105 cm³/mol. The zero-order valence-electron chi connectivity index (χ0n) is 15.1. The normalized spacial score (nSPS) is 10.5. The number of carbonyl (C=O) groups is 1. The van der Waals surface area contributed by atoms with Crippen molar-refractivity contribution in [3.63, 3.8) is 0 Å². The number of hydrogen-bond donors (Lipinski definition) is 1. The van der Waals surface area contributed by atoms with Crippen LogP contribution >= 0.6 is 0 Å². The maximum atomic E-state index is 12.4.